The van der Waals surface area contributed by atoms with Crippen LogP contribution in [-0.2, 0) is 26.0 Å². The molecular formula is C25H19F6N3O3. The molecule has 0 spiro atoms. The maximum Gasteiger partial charge on any atom is 0.491 e. The van der Waals surface area contributed by atoms with Crippen LogP contribution in [0.4, 0.5) is 26.3 Å². The second-order valence-electron chi connectivity index (χ2n) is 8.31. The van der Waals surface area contributed by atoms with Gasteiger partial charge in [0.2, 0.25) is 0 Å². The third kappa shape index (κ3) is 4.53. The van der Waals surface area contributed by atoms with E-state index in [1.807, 2.05) is 0 Å². The Balaban J connectivity index is 1.91. The molecule has 3 N–H and O–H groups in total. The fraction of sp³-hybridized carbons (Fsp3) is 0.200. The molecule has 3 aromatic rings. The minimum atomic E-state index is -5.41. The molecule has 12 heteroatoms. The van der Waals surface area contributed by atoms with E-state index in [0.717, 1.165) is 13.1 Å². The van der Waals surface area contributed by atoms with Gasteiger partial charge in [-0.15, -0.1) is 0 Å². The highest BCUT2D eigenvalue weighted by Gasteiger charge is 2.62. The zero-order valence-corrected chi connectivity index (χ0v) is 19.0. The maximum atomic E-state index is 13.7. The van der Waals surface area contributed by atoms with E-state index < -0.39 is 41.3 Å². The third-order valence-corrected chi connectivity index (χ3v) is 6.02. The number of esters is 1. The van der Waals surface area contributed by atoms with Gasteiger partial charge in [0.05, 0.1) is 5.56 Å². The summed E-state index contributed by atoms with van der Waals surface area (Å²) in [6.45, 7) is 0. The van der Waals surface area contributed by atoms with Crippen LogP contribution < -0.4 is 11.1 Å². The van der Waals surface area contributed by atoms with Crippen molar-refractivity contribution in [2.45, 2.75) is 23.9 Å². The summed E-state index contributed by atoms with van der Waals surface area (Å²) in [5.74, 6) is -6.28. The Kier molecular flexibility index (Phi) is 6.29. The average molecular weight is 523 g/mol. The predicted molar refractivity (Wildman–Crippen MR) is 119 cm³/mol. The summed E-state index contributed by atoms with van der Waals surface area (Å²) in [6.07, 6.45) is -10.1. The highest BCUT2D eigenvalue weighted by atomic mass is 19.4. The molecule has 1 heterocycles. The second-order valence-corrected chi connectivity index (χ2v) is 8.31. The lowest BCUT2D eigenvalue weighted by Crippen LogP contribution is -2.64. The molecule has 0 aliphatic carbocycles. The monoisotopic (exact) mass is 523 g/mol. The summed E-state index contributed by atoms with van der Waals surface area (Å²) in [7, 11) is 1.03. The van der Waals surface area contributed by atoms with Gasteiger partial charge in [0.25, 0.3) is 5.91 Å². The van der Waals surface area contributed by atoms with Gasteiger partial charge in [-0.3, -0.25) is 15.4 Å². The number of hydrogen-bond acceptors (Lipinski definition) is 5. The predicted octanol–water partition coefficient (Wildman–Crippen LogP) is 4.35. The number of hydrogen-bond donors (Lipinski definition) is 2. The molecule has 37 heavy (non-hydrogen) atoms. The molecule has 0 bridgehead atoms. The van der Waals surface area contributed by atoms with Gasteiger partial charge in [-0.05, 0) is 34.4 Å². The highest BCUT2D eigenvalue weighted by Crippen LogP contribution is 2.42. The fourth-order valence-electron chi connectivity index (χ4n) is 4.25. The molecule has 0 aromatic heterocycles. The fourth-order valence-corrected chi connectivity index (χ4v) is 4.25. The normalized spacial score (nSPS) is 22.3. The molecule has 4 rings (SSSR count). The van der Waals surface area contributed by atoms with Crippen molar-refractivity contribution in [2.24, 2.45) is 5.73 Å². The molecule has 6 nitrogen and oxygen atoms in total. The highest BCUT2D eigenvalue weighted by molar-refractivity contribution is 5.95. The van der Waals surface area contributed by atoms with Crippen molar-refractivity contribution in [2.75, 3.05) is 7.05 Å². The van der Waals surface area contributed by atoms with Crippen molar-refractivity contribution in [1.29, 1.82) is 0 Å². The Morgan fingerprint density at radius 3 is 2.11 bits per heavy atom. The van der Waals surface area contributed by atoms with E-state index in [-0.39, 0.29) is 22.3 Å². The van der Waals surface area contributed by atoms with Crippen LogP contribution in [0.2, 0.25) is 0 Å². The first kappa shape index (κ1) is 26.2. The minimum Gasteiger partial charge on any atom is -0.404 e. The van der Waals surface area contributed by atoms with E-state index in [1.54, 1.807) is 18.2 Å². The molecule has 1 aliphatic heterocycles. The van der Waals surface area contributed by atoms with Crippen molar-refractivity contribution >= 4 is 11.9 Å². The van der Waals surface area contributed by atoms with E-state index in [4.69, 9.17) is 5.73 Å². The van der Waals surface area contributed by atoms with Crippen LogP contribution in [0, 0.1) is 0 Å². The van der Waals surface area contributed by atoms with Gasteiger partial charge in [-0.25, -0.2) is 10.1 Å². The quantitative estimate of drug-likeness (QED) is 0.302. The molecule has 2 unspecified atom stereocenters. The van der Waals surface area contributed by atoms with Crippen molar-refractivity contribution in [3.8, 4) is 11.1 Å². The Morgan fingerprint density at radius 2 is 1.49 bits per heavy atom. The second kappa shape index (κ2) is 8.89. The number of carbonyl (C=O) groups is 2. The Bertz CT molecular complexity index is 1350. The number of nitrogens with two attached hydrogens (primary N) is 1. The summed E-state index contributed by atoms with van der Waals surface area (Å²) < 4.78 is 84.4. The summed E-state index contributed by atoms with van der Waals surface area (Å²) in [4.78, 5) is 25.9. The van der Waals surface area contributed by atoms with Crippen LogP contribution >= 0.6 is 0 Å². The van der Waals surface area contributed by atoms with Gasteiger partial charge < -0.3 is 4.74 Å². The number of nitrogens with zero attached hydrogens (tertiary/aromatic N) is 1. The van der Waals surface area contributed by atoms with E-state index in [2.05, 4.69) is 10.1 Å². The molecule has 1 saturated heterocycles. The summed E-state index contributed by atoms with van der Waals surface area (Å²) >= 11 is 0. The van der Waals surface area contributed by atoms with Gasteiger partial charge in [0.1, 0.15) is 0 Å². The summed E-state index contributed by atoms with van der Waals surface area (Å²) in [5, 5.41) is 2.53. The van der Waals surface area contributed by atoms with Gasteiger partial charge in [-0.1, -0.05) is 66.7 Å². The number of nitrogens with one attached hydrogen (secondary N) is 1. The lowest BCUT2D eigenvalue weighted by Gasteiger charge is -2.32. The lowest BCUT2D eigenvalue weighted by molar-refractivity contribution is -0.228. The molecule has 1 amide bonds. The van der Waals surface area contributed by atoms with Crippen molar-refractivity contribution in [3.05, 3.63) is 95.6 Å². The van der Waals surface area contributed by atoms with Crippen LogP contribution in [0.1, 0.15) is 16.7 Å². The Labute approximate surface area is 206 Å². The minimum absolute atomic E-state index is 0.0559. The zero-order chi connectivity index (χ0) is 27.2. The van der Waals surface area contributed by atoms with Crippen molar-refractivity contribution in [1.82, 2.24) is 10.2 Å². The van der Waals surface area contributed by atoms with Crippen molar-refractivity contribution in [3.63, 3.8) is 0 Å². The van der Waals surface area contributed by atoms with E-state index in [9.17, 15) is 35.9 Å². The first-order chi connectivity index (χ1) is 17.2. The lowest BCUT2D eigenvalue weighted by atomic mass is 9.81. The Hall–Kier alpha value is -3.90. The van der Waals surface area contributed by atoms with Crippen LogP contribution in [0.25, 0.3) is 11.1 Å². The summed E-state index contributed by atoms with van der Waals surface area (Å²) in [6, 6.07) is 18.0. The van der Waals surface area contributed by atoms with Crippen LogP contribution in [-0.4, -0.2) is 36.0 Å². The molecule has 2 atom stereocenters. The first-order valence-corrected chi connectivity index (χ1v) is 10.7. The molecule has 3 aromatic carbocycles. The Morgan fingerprint density at radius 1 is 0.892 bits per heavy atom. The number of ether oxygens (including phenoxy) is 1. The van der Waals surface area contributed by atoms with Crippen LogP contribution in [0.3, 0.4) is 0 Å². The van der Waals surface area contributed by atoms with Crippen LogP contribution in [0.5, 0.6) is 0 Å². The maximum absolute atomic E-state index is 13.7. The van der Waals surface area contributed by atoms with Crippen LogP contribution in [0.15, 0.2) is 78.9 Å². The SMILES string of the molecule is CN1C(=O)C(c2ccccc2)(c2cccc(-c3ccccc3C(F)(F)F)c2)NC1(N)OC(=O)C(F)(F)F. The zero-order valence-electron chi connectivity index (χ0n) is 19.0. The van der Waals surface area contributed by atoms with E-state index in [0.29, 0.717) is 4.90 Å². The van der Waals surface area contributed by atoms with Crippen molar-refractivity contribution < 1.29 is 40.7 Å². The number of likely N-dealkylation sites (N-methyl/N-ethyl adjacent to an activating group) is 1. The number of rotatable bonds is 4. The average Bonchev–Trinajstić information content (AvgIpc) is 3.05. The van der Waals surface area contributed by atoms with Gasteiger partial charge in [0, 0.05) is 7.05 Å². The van der Waals surface area contributed by atoms with E-state index in [1.165, 1.54) is 54.6 Å². The number of carbonyl (C=O) groups excluding carboxylic acids is 2. The number of halogens is 6. The van der Waals surface area contributed by atoms with E-state index >= 15 is 0 Å². The topological polar surface area (TPSA) is 84.7 Å². The standard InChI is InChI=1S/C25H19F6N3O3/c1-34-20(35)22(16-9-3-2-4-10-16,33-25(34,32)37-21(36)24(29,30)31)17-11-7-8-15(14-17)18-12-5-6-13-19(18)23(26,27)28/h2-14,33H,32H2,1H3. The number of alkyl halides is 6. The third-order valence-electron chi connectivity index (χ3n) is 6.02. The molecule has 1 aliphatic rings. The number of benzene rings is 3. The molecule has 0 saturated carbocycles. The smallest absolute Gasteiger partial charge is 0.404 e. The van der Waals surface area contributed by atoms with Gasteiger partial charge in [0.15, 0.2) is 5.54 Å². The number of amides is 1. The first-order valence-electron chi connectivity index (χ1n) is 10.7. The molecular weight excluding hydrogens is 504 g/mol. The molecule has 194 valence electrons. The van der Waals surface area contributed by atoms with Gasteiger partial charge >= 0.3 is 24.3 Å². The molecule has 0 radical (unpaired) electrons. The molecule has 1 fully saturated rings. The summed E-state index contributed by atoms with van der Waals surface area (Å²) in [5.41, 5.74) is 3.20. The van der Waals surface area contributed by atoms with Gasteiger partial charge in [-0.2, -0.15) is 26.3 Å². The largest absolute Gasteiger partial charge is 0.491 e.